The molecule has 3 N–H and O–H groups in total. The first-order valence-corrected chi connectivity index (χ1v) is 12.6. The summed E-state index contributed by atoms with van der Waals surface area (Å²) in [4.78, 5) is 26.7. The number of hydrogen-bond acceptors (Lipinski definition) is 9. The number of anilines is 4. The Morgan fingerprint density at radius 3 is 2.78 bits per heavy atom. The Balaban J connectivity index is 1.40. The molecule has 4 aromatic rings. The summed E-state index contributed by atoms with van der Waals surface area (Å²) in [6, 6.07) is 13.7. The first-order chi connectivity index (χ1) is 18.0. The van der Waals surface area contributed by atoms with Gasteiger partial charge in [-0.3, -0.25) is 9.89 Å². The molecule has 0 radical (unpaired) electrons. The van der Waals surface area contributed by atoms with Gasteiger partial charge < -0.3 is 25.2 Å². The molecule has 0 unspecified atom stereocenters. The lowest BCUT2D eigenvalue weighted by Crippen LogP contribution is -2.44. The summed E-state index contributed by atoms with van der Waals surface area (Å²) in [7, 11) is 3.80. The van der Waals surface area contributed by atoms with Crippen molar-refractivity contribution in [3.63, 3.8) is 0 Å². The Kier molecular flexibility index (Phi) is 7.24. The predicted octanol–water partition coefficient (Wildman–Crippen LogP) is 4.13. The van der Waals surface area contributed by atoms with Crippen LogP contribution in [-0.4, -0.2) is 71.3 Å². The number of benzene rings is 2. The van der Waals surface area contributed by atoms with E-state index in [-0.39, 0.29) is 5.91 Å². The monoisotopic (exact) mass is 516 g/mol. The van der Waals surface area contributed by atoms with Crippen molar-refractivity contribution in [2.45, 2.75) is 9.92 Å². The fourth-order valence-corrected chi connectivity index (χ4v) is 5.00. The first-order valence-electron chi connectivity index (χ1n) is 11.8. The second-order valence-electron chi connectivity index (χ2n) is 8.61. The lowest BCUT2D eigenvalue weighted by molar-refractivity contribution is -0.111. The summed E-state index contributed by atoms with van der Waals surface area (Å²) in [6.45, 7) is 7.52. The van der Waals surface area contributed by atoms with Crippen LogP contribution in [0.15, 0.2) is 71.2 Å². The summed E-state index contributed by atoms with van der Waals surface area (Å²) >= 11 is 1.46. The fourth-order valence-electron chi connectivity index (χ4n) is 4.05. The molecule has 0 bridgehead atoms. The quantitative estimate of drug-likeness (QED) is 0.235. The second kappa shape index (κ2) is 10.9. The van der Waals surface area contributed by atoms with Crippen LogP contribution in [0.5, 0.6) is 5.75 Å². The van der Waals surface area contributed by atoms with E-state index in [1.165, 1.54) is 17.8 Å². The molecule has 1 saturated heterocycles. The molecule has 5 rings (SSSR count). The Hall–Kier alpha value is -4.09. The smallest absolute Gasteiger partial charge is 0.247 e. The van der Waals surface area contributed by atoms with Gasteiger partial charge in [0.05, 0.1) is 24.4 Å². The van der Waals surface area contributed by atoms with E-state index in [9.17, 15) is 4.79 Å². The second-order valence-corrected chi connectivity index (χ2v) is 9.67. The van der Waals surface area contributed by atoms with Gasteiger partial charge in [0.15, 0.2) is 5.65 Å². The van der Waals surface area contributed by atoms with Crippen molar-refractivity contribution in [3.8, 4) is 5.75 Å². The number of carbonyl (C=O) groups excluding carboxylic acids is 1. The van der Waals surface area contributed by atoms with E-state index in [0.717, 1.165) is 52.9 Å². The van der Waals surface area contributed by atoms with E-state index >= 15 is 0 Å². The number of aromatic nitrogens is 4. The van der Waals surface area contributed by atoms with Crippen LogP contribution in [0.25, 0.3) is 11.0 Å². The van der Waals surface area contributed by atoms with Crippen LogP contribution in [0.1, 0.15) is 0 Å². The number of hydrogen-bond donors (Lipinski definition) is 3. The first kappa shape index (κ1) is 24.6. The number of aromatic amines is 1. The van der Waals surface area contributed by atoms with Gasteiger partial charge >= 0.3 is 0 Å². The van der Waals surface area contributed by atoms with Gasteiger partial charge in [-0.2, -0.15) is 10.1 Å². The maximum absolute atomic E-state index is 11.7. The maximum Gasteiger partial charge on any atom is 0.247 e. The van der Waals surface area contributed by atoms with E-state index in [1.807, 2.05) is 36.4 Å². The zero-order valence-electron chi connectivity index (χ0n) is 20.7. The molecule has 0 saturated carbocycles. The number of methoxy groups -OCH3 is 1. The number of nitrogens with one attached hydrogen (secondary N) is 3. The average molecular weight is 517 g/mol. The lowest BCUT2D eigenvalue weighted by Gasteiger charge is -2.34. The minimum absolute atomic E-state index is 0.263. The van der Waals surface area contributed by atoms with Crippen molar-refractivity contribution >= 4 is 51.7 Å². The van der Waals surface area contributed by atoms with E-state index < -0.39 is 0 Å². The summed E-state index contributed by atoms with van der Waals surface area (Å²) in [5.74, 6) is 0.867. The molecule has 0 aliphatic carbocycles. The molecule has 2 aromatic heterocycles. The van der Waals surface area contributed by atoms with E-state index in [1.54, 1.807) is 13.3 Å². The zero-order chi connectivity index (χ0) is 25.8. The van der Waals surface area contributed by atoms with Gasteiger partial charge in [-0.1, -0.05) is 24.4 Å². The molecule has 37 heavy (non-hydrogen) atoms. The molecule has 1 amide bonds. The van der Waals surface area contributed by atoms with Gasteiger partial charge in [-0.25, -0.2) is 4.98 Å². The van der Waals surface area contributed by atoms with Crippen LogP contribution in [0.4, 0.5) is 23.0 Å². The Morgan fingerprint density at radius 1 is 1.16 bits per heavy atom. The topological polar surface area (TPSA) is 111 Å². The van der Waals surface area contributed by atoms with E-state index in [4.69, 9.17) is 9.72 Å². The largest absolute Gasteiger partial charge is 0.494 e. The zero-order valence-corrected chi connectivity index (χ0v) is 21.5. The molecule has 11 heteroatoms. The Morgan fingerprint density at radius 2 is 2.00 bits per heavy atom. The molecule has 0 atom stereocenters. The van der Waals surface area contributed by atoms with Crippen LogP contribution >= 0.6 is 11.8 Å². The van der Waals surface area contributed by atoms with Crippen molar-refractivity contribution in [1.82, 2.24) is 25.1 Å². The molecular formula is C26H28N8O2S. The van der Waals surface area contributed by atoms with Crippen LogP contribution in [0, 0.1) is 0 Å². The Bertz CT molecular complexity index is 1430. The van der Waals surface area contributed by atoms with Gasteiger partial charge in [0, 0.05) is 48.5 Å². The number of nitrogens with zero attached hydrogens (tertiary/aromatic N) is 5. The highest BCUT2D eigenvalue weighted by atomic mass is 32.2. The molecule has 2 aromatic carbocycles. The van der Waals surface area contributed by atoms with Gasteiger partial charge in [0.1, 0.15) is 10.8 Å². The van der Waals surface area contributed by atoms with Gasteiger partial charge in [-0.15, -0.1) is 0 Å². The summed E-state index contributed by atoms with van der Waals surface area (Å²) in [6.07, 6.45) is 2.94. The molecule has 0 spiro atoms. The number of rotatable bonds is 8. The van der Waals surface area contributed by atoms with Crippen molar-refractivity contribution in [2.75, 3.05) is 55.9 Å². The SMILES string of the molecule is C=CC(=O)Nc1cccc(Sc2nc(Nc3ccc(N4CCN(C)CC4)cc3OC)nc3[nH]ncc23)c1. The molecule has 1 aliphatic heterocycles. The predicted molar refractivity (Wildman–Crippen MR) is 147 cm³/mol. The summed E-state index contributed by atoms with van der Waals surface area (Å²) in [5.41, 5.74) is 3.18. The molecule has 1 fully saturated rings. The third-order valence-corrected chi connectivity index (χ3v) is 7.07. The number of carbonyl (C=O) groups is 1. The molecule has 10 nitrogen and oxygen atoms in total. The number of amides is 1. The number of H-pyrrole nitrogens is 1. The average Bonchev–Trinajstić information content (AvgIpc) is 3.39. The van der Waals surface area contributed by atoms with Crippen molar-refractivity contribution in [2.24, 2.45) is 0 Å². The molecule has 1 aliphatic rings. The highest BCUT2D eigenvalue weighted by Gasteiger charge is 2.17. The molecule has 190 valence electrons. The maximum atomic E-state index is 11.7. The van der Waals surface area contributed by atoms with E-state index in [0.29, 0.717) is 23.0 Å². The van der Waals surface area contributed by atoms with Crippen LogP contribution in [0.3, 0.4) is 0 Å². The van der Waals surface area contributed by atoms with Crippen LogP contribution < -0.4 is 20.3 Å². The van der Waals surface area contributed by atoms with Gasteiger partial charge in [0.2, 0.25) is 11.9 Å². The number of fused-ring (bicyclic) bond motifs is 1. The lowest BCUT2D eigenvalue weighted by atomic mass is 10.2. The third kappa shape index (κ3) is 5.68. The summed E-state index contributed by atoms with van der Waals surface area (Å²) in [5, 5.41) is 14.7. The van der Waals surface area contributed by atoms with Crippen molar-refractivity contribution in [3.05, 3.63) is 61.3 Å². The fraction of sp³-hybridized carbons (Fsp3) is 0.231. The van der Waals surface area contributed by atoms with Gasteiger partial charge in [-0.05, 0) is 43.5 Å². The summed E-state index contributed by atoms with van der Waals surface area (Å²) < 4.78 is 5.70. The molecule has 3 heterocycles. The van der Waals surface area contributed by atoms with Crippen molar-refractivity contribution in [1.29, 1.82) is 0 Å². The number of likely N-dealkylation sites (N-methyl/N-ethyl adjacent to an activating group) is 1. The van der Waals surface area contributed by atoms with Crippen LogP contribution in [0.2, 0.25) is 0 Å². The van der Waals surface area contributed by atoms with Gasteiger partial charge in [0.25, 0.3) is 0 Å². The normalized spacial score (nSPS) is 13.9. The van der Waals surface area contributed by atoms with Crippen molar-refractivity contribution < 1.29 is 9.53 Å². The highest BCUT2D eigenvalue weighted by Crippen LogP contribution is 2.35. The van der Waals surface area contributed by atoms with Crippen LogP contribution in [-0.2, 0) is 4.79 Å². The standard InChI is InChI=1S/C26H28N8O2S/c1-4-23(35)28-17-6-5-7-19(14-17)37-25-20-16-27-32-24(20)30-26(31-25)29-21-9-8-18(15-22(21)36-3)34-12-10-33(2)11-13-34/h4-9,14-16H,1,10-13H2,2-3H3,(H,28,35)(H2,27,29,30,31,32). The van der Waals surface area contributed by atoms with E-state index in [2.05, 4.69) is 55.3 Å². The number of ether oxygens (including phenoxy) is 1. The Labute approximate surface area is 219 Å². The minimum Gasteiger partial charge on any atom is -0.494 e. The highest BCUT2D eigenvalue weighted by molar-refractivity contribution is 7.99. The minimum atomic E-state index is -0.263. The molecular weight excluding hydrogens is 488 g/mol. The third-order valence-electron chi connectivity index (χ3n) is 6.08. The number of piperazine rings is 1.